The molecule has 0 aliphatic rings. The Labute approximate surface area is 206 Å². The molecule has 0 bridgehead atoms. The molecule has 0 saturated carbocycles. The van der Waals surface area contributed by atoms with Crippen molar-refractivity contribution < 1.29 is 4.79 Å². The molecule has 2 nitrogen and oxygen atoms in total. The third kappa shape index (κ3) is 4.39. The second-order valence-electron chi connectivity index (χ2n) is 8.58. The average Bonchev–Trinajstić information content (AvgIpc) is 2.95. The third-order valence-corrected chi connectivity index (χ3v) is 6.50. The molecule has 0 heterocycles. The maximum atomic E-state index is 14.7. The second-order valence-corrected chi connectivity index (χ2v) is 8.58. The van der Waals surface area contributed by atoms with Gasteiger partial charge in [-0.05, 0) is 27.8 Å². The van der Waals surface area contributed by atoms with E-state index in [9.17, 15) is 4.79 Å². The van der Waals surface area contributed by atoms with Gasteiger partial charge >= 0.3 is 0 Å². The van der Waals surface area contributed by atoms with E-state index in [2.05, 4.69) is 29.6 Å². The molecule has 0 aromatic heterocycles. The zero-order valence-corrected chi connectivity index (χ0v) is 19.4. The van der Waals surface area contributed by atoms with Crippen LogP contribution >= 0.6 is 0 Å². The molecule has 0 aliphatic carbocycles. The van der Waals surface area contributed by atoms with Crippen LogP contribution in [0.2, 0.25) is 0 Å². The van der Waals surface area contributed by atoms with Gasteiger partial charge in [0.05, 0.1) is 6.04 Å². The van der Waals surface area contributed by atoms with Crippen LogP contribution in [-0.2, 0) is 10.2 Å². The number of carbonyl (C=O) groups is 1. The van der Waals surface area contributed by atoms with Gasteiger partial charge in [-0.3, -0.25) is 4.79 Å². The van der Waals surface area contributed by atoms with Gasteiger partial charge < -0.3 is 5.32 Å². The van der Waals surface area contributed by atoms with Crippen molar-refractivity contribution in [2.24, 2.45) is 0 Å². The second kappa shape index (κ2) is 10.2. The highest BCUT2D eigenvalue weighted by molar-refractivity contribution is 5.96. The molecule has 0 aliphatic heterocycles. The molecular weight excluding hydrogens is 426 g/mol. The molecule has 170 valence electrons. The largest absolute Gasteiger partial charge is 0.344 e. The first-order chi connectivity index (χ1) is 17.3. The fourth-order valence-corrected chi connectivity index (χ4v) is 4.85. The van der Waals surface area contributed by atoms with Gasteiger partial charge in [0, 0.05) is 0 Å². The monoisotopic (exact) mass is 453 g/mol. The highest BCUT2D eigenvalue weighted by atomic mass is 16.2. The van der Waals surface area contributed by atoms with Gasteiger partial charge in [0.2, 0.25) is 5.91 Å². The van der Waals surface area contributed by atoms with Crippen molar-refractivity contribution in [1.29, 1.82) is 0 Å². The molecule has 0 atom stereocenters. The molecule has 0 unspecified atom stereocenters. The highest BCUT2D eigenvalue weighted by Gasteiger charge is 2.44. The van der Waals surface area contributed by atoms with Crippen LogP contribution in [0.4, 0.5) is 0 Å². The van der Waals surface area contributed by atoms with Gasteiger partial charge in [-0.25, -0.2) is 0 Å². The van der Waals surface area contributed by atoms with Crippen molar-refractivity contribution in [3.8, 4) is 0 Å². The number of hydrogen-bond acceptors (Lipinski definition) is 1. The summed E-state index contributed by atoms with van der Waals surface area (Å²) < 4.78 is 0. The normalized spacial score (nSPS) is 11.2. The van der Waals surface area contributed by atoms with Crippen molar-refractivity contribution >= 4 is 5.91 Å². The first kappa shape index (κ1) is 22.4. The van der Waals surface area contributed by atoms with Gasteiger partial charge in [0.15, 0.2) is 0 Å². The molecule has 0 spiro atoms. The zero-order valence-electron chi connectivity index (χ0n) is 19.4. The maximum Gasteiger partial charge on any atom is 0.240 e. The molecule has 35 heavy (non-hydrogen) atoms. The lowest BCUT2D eigenvalue weighted by molar-refractivity contribution is -0.124. The first-order valence-corrected chi connectivity index (χ1v) is 11.9. The van der Waals surface area contributed by atoms with E-state index in [1.807, 2.05) is 127 Å². The lowest BCUT2D eigenvalue weighted by atomic mass is 9.68. The number of carbonyl (C=O) groups excluding carboxylic acids is 1. The van der Waals surface area contributed by atoms with E-state index in [-0.39, 0.29) is 11.9 Å². The van der Waals surface area contributed by atoms with Crippen LogP contribution < -0.4 is 5.32 Å². The summed E-state index contributed by atoms with van der Waals surface area (Å²) in [4.78, 5) is 14.7. The number of hydrogen-bond donors (Lipinski definition) is 1. The smallest absolute Gasteiger partial charge is 0.240 e. The van der Waals surface area contributed by atoms with E-state index in [4.69, 9.17) is 0 Å². The average molecular weight is 454 g/mol. The maximum absolute atomic E-state index is 14.7. The Morgan fingerprint density at radius 2 is 0.743 bits per heavy atom. The van der Waals surface area contributed by atoms with E-state index in [1.165, 1.54) is 0 Å². The van der Waals surface area contributed by atoms with Crippen molar-refractivity contribution in [2.75, 3.05) is 0 Å². The van der Waals surface area contributed by atoms with Crippen molar-refractivity contribution in [2.45, 2.75) is 11.5 Å². The van der Waals surface area contributed by atoms with Gasteiger partial charge in [-0.2, -0.15) is 0 Å². The summed E-state index contributed by atoms with van der Waals surface area (Å²) >= 11 is 0. The van der Waals surface area contributed by atoms with E-state index < -0.39 is 5.41 Å². The minimum Gasteiger partial charge on any atom is -0.344 e. The molecular formula is C33H27NO. The fourth-order valence-electron chi connectivity index (χ4n) is 4.85. The Kier molecular flexibility index (Phi) is 6.54. The molecule has 5 aromatic rings. The number of amides is 1. The number of benzene rings is 5. The lowest BCUT2D eigenvalue weighted by Gasteiger charge is -2.36. The van der Waals surface area contributed by atoms with Crippen LogP contribution in [-0.4, -0.2) is 5.91 Å². The Morgan fingerprint density at radius 3 is 1.06 bits per heavy atom. The Hall–Kier alpha value is -4.43. The van der Waals surface area contributed by atoms with E-state index >= 15 is 0 Å². The predicted molar refractivity (Wildman–Crippen MR) is 142 cm³/mol. The van der Waals surface area contributed by atoms with Gasteiger partial charge in [0.25, 0.3) is 0 Å². The van der Waals surface area contributed by atoms with E-state index in [1.54, 1.807) is 0 Å². The molecule has 5 aromatic carbocycles. The van der Waals surface area contributed by atoms with Crippen LogP contribution in [0.3, 0.4) is 0 Å². The molecule has 0 fully saturated rings. The molecule has 5 rings (SSSR count). The molecule has 0 radical (unpaired) electrons. The Balaban J connectivity index is 1.71. The van der Waals surface area contributed by atoms with Crippen LogP contribution in [0.25, 0.3) is 0 Å². The molecule has 0 saturated heterocycles. The summed E-state index contributed by atoms with van der Waals surface area (Å²) in [5.74, 6) is -0.0705. The summed E-state index contributed by atoms with van der Waals surface area (Å²) in [6.07, 6.45) is 0. The van der Waals surface area contributed by atoms with Crippen LogP contribution in [0.15, 0.2) is 152 Å². The van der Waals surface area contributed by atoms with Crippen molar-refractivity contribution in [1.82, 2.24) is 5.32 Å². The first-order valence-electron chi connectivity index (χ1n) is 11.9. The lowest BCUT2D eigenvalue weighted by Crippen LogP contribution is -2.47. The van der Waals surface area contributed by atoms with Crippen molar-refractivity contribution in [3.05, 3.63) is 179 Å². The minimum absolute atomic E-state index is 0.0705. The topological polar surface area (TPSA) is 29.1 Å². The summed E-state index contributed by atoms with van der Waals surface area (Å²) in [6.45, 7) is 0. The summed E-state index contributed by atoms with van der Waals surface area (Å²) in [6, 6.07) is 50.2. The van der Waals surface area contributed by atoms with Crippen LogP contribution in [0, 0.1) is 0 Å². The minimum atomic E-state index is -1.02. The van der Waals surface area contributed by atoms with E-state index in [0.717, 1.165) is 27.8 Å². The molecule has 1 amide bonds. The summed E-state index contributed by atoms with van der Waals surface area (Å²) in [5.41, 5.74) is 3.83. The van der Waals surface area contributed by atoms with Gasteiger partial charge in [0.1, 0.15) is 5.41 Å². The fraction of sp³-hybridized carbons (Fsp3) is 0.0606. The zero-order chi connectivity index (χ0) is 23.9. The quantitative estimate of drug-likeness (QED) is 0.266. The van der Waals surface area contributed by atoms with Gasteiger partial charge in [-0.1, -0.05) is 152 Å². The highest BCUT2D eigenvalue weighted by Crippen LogP contribution is 2.40. The standard InChI is InChI=1S/C33H27NO/c35-32(34-31(26-16-6-1-7-17-26)27-18-8-2-9-19-27)33(28-20-10-3-11-21-28,29-22-12-4-13-23-29)30-24-14-5-15-25-30/h1-25,31H,(H,34,35). The van der Waals surface area contributed by atoms with Crippen LogP contribution in [0.1, 0.15) is 33.9 Å². The Morgan fingerprint density at radius 1 is 0.457 bits per heavy atom. The van der Waals surface area contributed by atoms with E-state index in [0.29, 0.717) is 0 Å². The SMILES string of the molecule is O=C(NC(c1ccccc1)c1ccccc1)C(c1ccccc1)(c1ccccc1)c1ccccc1. The third-order valence-electron chi connectivity index (χ3n) is 6.50. The molecule has 2 heteroatoms. The predicted octanol–water partition coefficient (Wildman–Crippen LogP) is 6.93. The van der Waals surface area contributed by atoms with Crippen molar-refractivity contribution in [3.63, 3.8) is 0 Å². The van der Waals surface area contributed by atoms with Gasteiger partial charge in [-0.15, -0.1) is 0 Å². The molecule has 1 N–H and O–H groups in total. The Bertz CT molecular complexity index is 1220. The summed E-state index contributed by atoms with van der Waals surface area (Å²) in [5, 5.41) is 3.45. The summed E-state index contributed by atoms with van der Waals surface area (Å²) in [7, 11) is 0. The number of nitrogens with one attached hydrogen (secondary N) is 1. The number of rotatable bonds is 7. The van der Waals surface area contributed by atoms with Crippen LogP contribution in [0.5, 0.6) is 0 Å².